The number of aryl methyl sites for hydroxylation is 4. The van der Waals surface area contributed by atoms with Crippen LogP contribution in [0.2, 0.25) is 0 Å². The second-order valence-electron chi connectivity index (χ2n) is 29.5. The van der Waals surface area contributed by atoms with Gasteiger partial charge in [-0.1, -0.05) is 226 Å². The van der Waals surface area contributed by atoms with Gasteiger partial charge in [-0.2, -0.15) is 0 Å². The molecule has 7 nitrogen and oxygen atoms in total. The van der Waals surface area contributed by atoms with Crippen LogP contribution in [0.4, 0.5) is 0 Å². The first-order chi connectivity index (χ1) is 58.8. The molecule has 11 aromatic carbocycles. The summed E-state index contributed by atoms with van der Waals surface area (Å²) in [7, 11) is 0. The molecule has 0 aliphatic rings. The number of nitrogens with zero attached hydrogens (tertiary/aromatic N) is 7. The number of benzene rings is 11. The molecule has 0 saturated carbocycles. The number of pyridine rings is 7. The molecule has 0 fully saturated rings. The Hall–Kier alpha value is -11.9. The van der Waals surface area contributed by atoms with E-state index in [0.29, 0.717) is 11.8 Å². The molecule has 4 radical (unpaired) electrons. The molecular weight excluding hydrogens is 2220 g/mol. The van der Waals surface area contributed by atoms with Crippen molar-refractivity contribution in [1.29, 1.82) is 0 Å². The maximum absolute atomic E-state index is 4.55. The Morgan fingerprint density at radius 3 is 0.903 bits per heavy atom. The van der Waals surface area contributed by atoms with Gasteiger partial charge in [-0.05, 0) is 156 Å². The Bertz CT molecular complexity index is 5760. The van der Waals surface area contributed by atoms with Crippen molar-refractivity contribution in [1.82, 2.24) is 34.9 Å². The first-order valence-corrected chi connectivity index (χ1v) is 40.5. The standard InChI is InChI=1S/2C21H20N.2C18H14N.C13H12N.2C11H8N.4Ir/c2*1-16(2)13-17-11-12-22-21(14-17)20-10-6-9-19(15-20)18-7-4-3-5-8-18;1-14-12-18(16-10-6-3-7-11-16)19-13-17(14)15-8-4-2-5-9-15;1-14-10-11-19-18(12-14)17-9-5-8-16(13-17)15-6-3-2-4-7-15;1-10-8-11(2)14-13(9-10)12-6-4-3-5-7-12;2*1-2-6-10(7-3-1)11-8-4-5-9-12-11;;;;/h2*3-9,11-12,14-16H,13H2,1-2H3;2-10,12-13H,1H3;2-8,10-13H,1H3;3-6,8-9H,1-2H3;2*1-6,8-9H;;;;/q7*-1;;;;. The van der Waals surface area contributed by atoms with Gasteiger partial charge in [-0.3, -0.25) is 0 Å². The van der Waals surface area contributed by atoms with Crippen LogP contribution in [-0.4, -0.2) is 34.9 Å². The smallest absolute Gasteiger partial charge is 0.0268 e. The molecular formula is C113H96Ir4N7-7. The summed E-state index contributed by atoms with van der Waals surface area (Å²) in [4.78, 5) is 30.9. The zero-order valence-corrected chi connectivity index (χ0v) is 80.2. The van der Waals surface area contributed by atoms with E-state index in [1.165, 1.54) is 72.3 Å². The van der Waals surface area contributed by atoms with Gasteiger partial charge in [0.05, 0.1) is 0 Å². The maximum Gasteiger partial charge on any atom is 0.0268 e. The van der Waals surface area contributed by atoms with Crippen molar-refractivity contribution in [3.05, 3.63) is 477 Å². The van der Waals surface area contributed by atoms with Crippen molar-refractivity contribution in [2.24, 2.45) is 11.8 Å². The molecule has 124 heavy (non-hydrogen) atoms. The third kappa shape index (κ3) is 31.1. The average molecular weight is 2320 g/mol. The Labute approximate surface area is 788 Å². The molecule has 7 aromatic heterocycles. The topological polar surface area (TPSA) is 90.2 Å². The van der Waals surface area contributed by atoms with Crippen molar-refractivity contribution >= 4 is 0 Å². The molecule has 0 bridgehead atoms. The Morgan fingerprint density at radius 1 is 0.234 bits per heavy atom. The summed E-state index contributed by atoms with van der Waals surface area (Å²) in [5, 5.41) is 0. The van der Waals surface area contributed by atoms with E-state index in [1.54, 1.807) is 12.4 Å². The van der Waals surface area contributed by atoms with E-state index >= 15 is 0 Å². The van der Waals surface area contributed by atoms with E-state index in [1.807, 2.05) is 226 Å². The minimum Gasteiger partial charge on any atom is -0.305 e. The second kappa shape index (κ2) is 52.5. The van der Waals surface area contributed by atoms with Crippen molar-refractivity contribution in [3.8, 4) is 123 Å². The third-order valence-electron chi connectivity index (χ3n) is 19.0. The van der Waals surface area contributed by atoms with Crippen LogP contribution in [0.3, 0.4) is 0 Å². The van der Waals surface area contributed by atoms with Gasteiger partial charge < -0.3 is 34.9 Å². The molecule has 0 unspecified atom stereocenters. The van der Waals surface area contributed by atoms with Crippen molar-refractivity contribution in [2.75, 3.05) is 0 Å². The van der Waals surface area contributed by atoms with E-state index in [9.17, 15) is 0 Å². The summed E-state index contributed by atoms with van der Waals surface area (Å²) in [5.41, 5.74) is 31.2. The van der Waals surface area contributed by atoms with Gasteiger partial charge in [0.15, 0.2) is 0 Å². The molecule has 0 saturated heterocycles. The summed E-state index contributed by atoms with van der Waals surface area (Å²) < 4.78 is 0. The molecule has 11 heteroatoms. The normalized spacial score (nSPS) is 10.0. The number of rotatable bonds is 15. The van der Waals surface area contributed by atoms with Crippen LogP contribution >= 0.6 is 0 Å². The number of aromatic nitrogens is 7. The summed E-state index contributed by atoms with van der Waals surface area (Å²) in [6.07, 6.45) is 13.3. The van der Waals surface area contributed by atoms with E-state index in [2.05, 4.69) is 296 Å². The fourth-order valence-corrected chi connectivity index (χ4v) is 13.3. The molecule has 0 N–H and O–H groups in total. The molecule has 0 amide bonds. The monoisotopic (exact) mass is 2320 g/mol. The van der Waals surface area contributed by atoms with Crippen LogP contribution in [0.15, 0.2) is 401 Å². The molecule has 0 aliphatic carbocycles. The van der Waals surface area contributed by atoms with Gasteiger partial charge in [0.2, 0.25) is 0 Å². The van der Waals surface area contributed by atoms with Crippen LogP contribution in [0, 0.1) is 82.0 Å². The molecule has 0 atom stereocenters. The molecule has 0 aliphatic heterocycles. The Balaban J connectivity index is 0.000000180. The van der Waals surface area contributed by atoms with Crippen molar-refractivity contribution < 1.29 is 80.4 Å². The average Bonchev–Trinajstić information content (AvgIpc) is 0.831. The summed E-state index contributed by atoms with van der Waals surface area (Å²) in [6.45, 7) is 17.2. The van der Waals surface area contributed by atoms with Gasteiger partial charge in [0.1, 0.15) is 0 Å². The van der Waals surface area contributed by atoms with Crippen LogP contribution in [0.1, 0.15) is 61.2 Å². The fourth-order valence-electron chi connectivity index (χ4n) is 13.3. The first kappa shape index (κ1) is 97.5. The van der Waals surface area contributed by atoms with E-state index < -0.39 is 0 Å². The summed E-state index contributed by atoms with van der Waals surface area (Å²) in [5.74, 6) is 1.30. The van der Waals surface area contributed by atoms with Gasteiger partial charge in [-0.15, -0.1) is 250 Å². The SMILES string of the molecule is CC(C)Cc1ccnc(-c2[c-]ccc(-c3ccccc3)c2)c1.CC(C)Cc1ccnc(-c2[c-]ccc(-c3ccccc3)c2)c1.Cc1cc(-c2[c-]cccc2)ncc1-c1ccccc1.Cc1cc(C)nc(-c2[c-]cccc2)c1.Cc1ccnc(-c2[c-]ccc(-c3ccccc3)c2)c1.[Ir].[Ir].[Ir].[Ir].[c-]1ccccc1-c1ccccn1.[c-]1ccccc1-c1ccccn1. The molecule has 7 heterocycles. The summed E-state index contributed by atoms with van der Waals surface area (Å²) >= 11 is 0. The quantitative estimate of drug-likeness (QED) is 0.0945. The Kier molecular flexibility index (Phi) is 41.3. The predicted molar refractivity (Wildman–Crippen MR) is 497 cm³/mol. The van der Waals surface area contributed by atoms with E-state index in [-0.39, 0.29) is 80.4 Å². The first-order valence-electron chi connectivity index (χ1n) is 40.5. The van der Waals surface area contributed by atoms with Gasteiger partial charge >= 0.3 is 0 Å². The maximum atomic E-state index is 4.55. The molecule has 626 valence electrons. The van der Waals surface area contributed by atoms with Gasteiger partial charge in [0.25, 0.3) is 0 Å². The largest absolute Gasteiger partial charge is 0.305 e. The minimum absolute atomic E-state index is 0. The number of hydrogen-bond acceptors (Lipinski definition) is 7. The van der Waals surface area contributed by atoms with Crippen molar-refractivity contribution in [3.63, 3.8) is 0 Å². The zero-order valence-electron chi connectivity index (χ0n) is 70.6. The predicted octanol–water partition coefficient (Wildman–Crippen LogP) is 28.1. The fraction of sp³-hybridized carbons (Fsp3) is 0.106. The molecule has 18 aromatic rings. The number of hydrogen-bond donors (Lipinski definition) is 0. The summed E-state index contributed by atoms with van der Waals surface area (Å²) in [6, 6.07) is 145. The van der Waals surface area contributed by atoms with Crippen LogP contribution in [-0.2, 0) is 93.3 Å². The zero-order chi connectivity index (χ0) is 83.3. The van der Waals surface area contributed by atoms with Crippen molar-refractivity contribution in [2.45, 2.75) is 68.2 Å². The van der Waals surface area contributed by atoms with Crippen LogP contribution < -0.4 is 0 Å². The Morgan fingerprint density at radius 2 is 0.556 bits per heavy atom. The van der Waals surface area contributed by atoms with E-state index in [4.69, 9.17) is 0 Å². The van der Waals surface area contributed by atoms with Gasteiger partial charge in [-0.25, -0.2) is 0 Å². The molecule has 18 rings (SSSR count). The van der Waals surface area contributed by atoms with Gasteiger partial charge in [0, 0.05) is 129 Å². The minimum atomic E-state index is 0. The third-order valence-corrected chi connectivity index (χ3v) is 19.0. The van der Waals surface area contributed by atoms with Crippen LogP contribution in [0.5, 0.6) is 0 Å². The van der Waals surface area contributed by atoms with E-state index in [0.717, 1.165) is 97.3 Å². The molecule has 0 spiro atoms. The second-order valence-corrected chi connectivity index (χ2v) is 29.5. The van der Waals surface area contributed by atoms with Crippen LogP contribution in [0.25, 0.3) is 123 Å².